The molecule has 0 amide bonds. The molecule has 188 valence electrons. The van der Waals surface area contributed by atoms with Crippen molar-refractivity contribution in [3.05, 3.63) is 52.1 Å². The normalized spacial score (nSPS) is 11.5. The number of hydrogen-bond donors (Lipinski definition) is 3. The number of imidazole rings is 1. The third-order valence-corrected chi connectivity index (χ3v) is 5.95. The van der Waals surface area contributed by atoms with Crippen LogP contribution >= 0.6 is 8.30 Å². The molecule has 4 N–H and O–H groups in total. The zero-order valence-corrected chi connectivity index (χ0v) is 20.8. The number of rotatable bonds is 12. The molecule has 3 aromatic rings. The zero-order chi connectivity index (χ0) is 25.6. The van der Waals surface area contributed by atoms with Crippen LogP contribution in [-0.4, -0.2) is 51.6 Å². The number of hydrogen-bond acceptors (Lipinski definition) is 10. The number of anilines is 1. The summed E-state index contributed by atoms with van der Waals surface area (Å²) in [7, 11) is -1.00. The van der Waals surface area contributed by atoms with Crippen LogP contribution in [-0.2, 0) is 31.9 Å². The fourth-order valence-corrected chi connectivity index (χ4v) is 4.14. The highest BCUT2D eigenvalue weighted by molar-refractivity contribution is 7.50. The Morgan fingerprint density at radius 1 is 1.34 bits per heavy atom. The summed E-state index contributed by atoms with van der Waals surface area (Å²) in [5.74, 6) is 0.0519. The summed E-state index contributed by atoms with van der Waals surface area (Å²) >= 11 is 0. The van der Waals surface area contributed by atoms with E-state index in [1.807, 2.05) is 26.0 Å². The van der Waals surface area contributed by atoms with Crippen LogP contribution in [0.25, 0.3) is 11.2 Å². The molecule has 0 fully saturated rings. The lowest BCUT2D eigenvalue weighted by Gasteiger charge is -2.21. The van der Waals surface area contributed by atoms with Crippen LogP contribution in [0.15, 0.2) is 35.4 Å². The first-order valence-electron chi connectivity index (χ1n) is 10.9. The van der Waals surface area contributed by atoms with Gasteiger partial charge in [0.25, 0.3) is 12.0 Å². The quantitative estimate of drug-likeness (QED) is 0.189. The van der Waals surface area contributed by atoms with Crippen molar-refractivity contribution in [2.24, 2.45) is 0 Å². The molecule has 0 aliphatic carbocycles. The highest BCUT2D eigenvalue weighted by Crippen LogP contribution is 2.34. The van der Waals surface area contributed by atoms with E-state index in [0.717, 1.165) is 5.56 Å². The number of nitrogens with two attached hydrogens (primary N) is 1. The number of carbonyl (C=O) groups excluding carboxylic acids is 1. The number of benzene rings is 1. The van der Waals surface area contributed by atoms with Crippen molar-refractivity contribution in [1.82, 2.24) is 24.6 Å². The maximum atomic E-state index is 11.8. The van der Waals surface area contributed by atoms with Crippen molar-refractivity contribution < 1.29 is 18.8 Å². The molecule has 1 aromatic carbocycles. The predicted octanol–water partition coefficient (Wildman–Crippen LogP) is 2.25. The fourth-order valence-electron chi connectivity index (χ4n) is 2.74. The topological polar surface area (TPSA) is 170 Å². The minimum atomic E-state index is -1.00. The van der Waals surface area contributed by atoms with Crippen molar-refractivity contribution in [2.75, 3.05) is 25.3 Å². The molecule has 0 bridgehead atoms. The first-order valence-corrected chi connectivity index (χ1v) is 12.3. The van der Waals surface area contributed by atoms with Crippen LogP contribution in [0.2, 0.25) is 0 Å². The van der Waals surface area contributed by atoms with E-state index in [1.165, 1.54) is 0 Å². The Morgan fingerprint density at radius 3 is 2.69 bits per heavy atom. The summed E-state index contributed by atoms with van der Waals surface area (Å²) in [6.07, 6.45) is 1.96. The second-order valence-electron chi connectivity index (χ2n) is 7.39. The molecule has 12 nitrogen and oxygen atoms in total. The molecule has 0 aliphatic rings. The zero-order valence-electron chi connectivity index (χ0n) is 19.9. The minimum Gasteiger partial charge on any atom is -0.468 e. The number of ether oxygens (including phenoxy) is 2. The Hall–Kier alpha value is -3.36. The average Bonchev–Trinajstić information content (AvgIpc) is 3.24. The van der Waals surface area contributed by atoms with Crippen molar-refractivity contribution in [3.8, 4) is 6.07 Å². The van der Waals surface area contributed by atoms with Crippen molar-refractivity contribution in [2.45, 2.75) is 40.0 Å². The largest absolute Gasteiger partial charge is 0.468 e. The van der Waals surface area contributed by atoms with Gasteiger partial charge in [-0.3, -0.25) is 19.7 Å². The van der Waals surface area contributed by atoms with E-state index in [-0.39, 0.29) is 23.1 Å². The lowest BCUT2D eigenvalue weighted by molar-refractivity contribution is -0.128. The number of carbonyl (C=O) groups is 1. The first-order chi connectivity index (χ1) is 16.9. The van der Waals surface area contributed by atoms with Gasteiger partial charge in [0.2, 0.25) is 5.95 Å². The monoisotopic (exact) mass is 503 g/mol. The molecule has 2 heterocycles. The fraction of sp³-hybridized carbons (Fsp3) is 0.409. The Kier molecular flexibility index (Phi) is 11.8. The molecule has 1 atom stereocenters. The number of fused-ring (bicyclic) bond motifs is 1. The molecule has 13 heteroatoms. The smallest absolute Gasteiger partial charge is 0.293 e. The molecular weight excluding hydrogens is 473 g/mol. The number of nitrogens with zero attached hydrogens (tertiary/aromatic N) is 4. The molecule has 3 rings (SSSR count). The lowest BCUT2D eigenvalue weighted by atomic mass is 10.2. The maximum absolute atomic E-state index is 11.8. The summed E-state index contributed by atoms with van der Waals surface area (Å²) < 4.78 is 17.7. The van der Waals surface area contributed by atoms with Crippen LogP contribution in [0.5, 0.6) is 0 Å². The molecule has 0 saturated heterocycles. The molecule has 1 unspecified atom stereocenters. The summed E-state index contributed by atoms with van der Waals surface area (Å²) in [6, 6.07) is 9.66. The Labute approximate surface area is 204 Å². The minimum absolute atomic E-state index is 0.0519. The molecule has 0 radical (unpaired) electrons. The summed E-state index contributed by atoms with van der Waals surface area (Å²) in [6.45, 7) is 8.07. The number of nitriles is 1. The van der Waals surface area contributed by atoms with Crippen LogP contribution in [0.1, 0.15) is 31.9 Å². The van der Waals surface area contributed by atoms with Crippen LogP contribution in [0.3, 0.4) is 0 Å². The Bertz CT molecular complexity index is 1160. The summed E-state index contributed by atoms with van der Waals surface area (Å²) in [5, 5.41) is 12.3. The van der Waals surface area contributed by atoms with E-state index in [9.17, 15) is 9.59 Å². The van der Waals surface area contributed by atoms with Gasteiger partial charge in [-0.15, -0.1) is 0 Å². The summed E-state index contributed by atoms with van der Waals surface area (Å²) in [5.41, 5.74) is 7.54. The van der Waals surface area contributed by atoms with E-state index in [2.05, 4.69) is 30.8 Å². The van der Waals surface area contributed by atoms with Crippen molar-refractivity contribution in [3.63, 3.8) is 0 Å². The van der Waals surface area contributed by atoms with Crippen molar-refractivity contribution >= 4 is 31.9 Å². The van der Waals surface area contributed by atoms with Gasteiger partial charge in [-0.05, 0) is 38.5 Å². The van der Waals surface area contributed by atoms with E-state index in [4.69, 9.17) is 20.3 Å². The summed E-state index contributed by atoms with van der Waals surface area (Å²) in [4.78, 5) is 31.7. The molecular formula is C22H30N7O5P. The highest BCUT2D eigenvalue weighted by Gasteiger charge is 2.13. The van der Waals surface area contributed by atoms with Gasteiger partial charge in [-0.1, -0.05) is 12.1 Å². The molecule has 0 saturated carbocycles. The van der Waals surface area contributed by atoms with Gasteiger partial charge in [0.1, 0.15) is 14.6 Å². The van der Waals surface area contributed by atoms with E-state index < -0.39 is 8.30 Å². The van der Waals surface area contributed by atoms with Gasteiger partial charge in [-0.25, -0.2) is 4.98 Å². The third kappa shape index (κ3) is 9.42. The third-order valence-electron chi connectivity index (χ3n) is 4.29. The molecule has 2 aromatic heterocycles. The number of aromatic nitrogens is 4. The van der Waals surface area contributed by atoms with Crippen molar-refractivity contribution in [1.29, 1.82) is 5.26 Å². The number of H-pyrrole nitrogens is 1. The average molecular weight is 504 g/mol. The standard InChI is InChI=1S/C19H24N7O3P.C3H6O2/c1-13(2)25-30(29-10-15-5-3-14(9-20)4-6-15)12-28-8-7-26-11-22-16-17(26)23-19(21)24-18(16)27;1-2-5-3-4/h3-6,11,13,25H,7-8,10,12H2,1-2H3,(H3,21,23,24,27);3H,2H2,1H3. The maximum Gasteiger partial charge on any atom is 0.293 e. The molecule has 35 heavy (non-hydrogen) atoms. The lowest BCUT2D eigenvalue weighted by Crippen LogP contribution is -2.21. The Morgan fingerprint density at radius 2 is 2.09 bits per heavy atom. The van der Waals surface area contributed by atoms with E-state index in [1.54, 1.807) is 30.0 Å². The van der Waals surface area contributed by atoms with Gasteiger partial charge in [-0.2, -0.15) is 10.2 Å². The second kappa shape index (κ2) is 14.8. The van der Waals surface area contributed by atoms with Gasteiger partial charge in [0, 0.05) is 12.6 Å². The van der Waals surface area contributed by atoms with Gasteiger partial charge >= 0.3 is 0 Å². The van der Waals surface area contributed by atoms with E-state index >= 15 is 0 Å². The van der Waals surface area contributed by atoms with Gasteiger partial charge in [0.15, 0.2) is 11.2 Å². The highest BCUT2D eigenvalue weighted by atomic mass is 31.2. The second-order valence-corrected chi connectivity index (χ2v) is 8.93. The number of nitrogen functional groups attached to an aromatic ring is 1. The van der Waals surface area contributed by atoms with Crippen LogP contribution in [0, 0.1) is 11.3 Å². The van der Waals surface area contributed by atoms with Gasteiger partial charge < -0.3 is 24.3 Å². The van der Waals surface area contributed by atoms with Crippen LogP contribution in [0.4, 0.5) is 5.95 Å². The van der Waals surface area contributed by atoms with E-state index in [0.29, 0.717) is 50.4 Å². The first kappa shape index (κ1) is 27.9. The number of aromatic amines is 1. The van der Waals surface area contributed by atoms with Gasteiger partial charge in [0.05, 0.1) is 37.8 Å². The number of nitrogens with one attached hydrogen (secondary N) is 2. The predicted molar refractivity (Wildman–Crippen MR) is 132 cm³/mol. The Balaban J connectivity index is 0.000000784. The molecule has 0 aliphatic heterocycles. The molecule has 0 spiro atoms. The SMILES string of the molecule is CC(C)NP(COCCn1cnc2c(=O)[nH]c(N)nc21)OCc1ccc(C#N)cc1.CCOC=O. The van der Waals surface area contributed by atoms with Crippen LogP contribution < -0.4 is 16.4 Å².